The molecule has 3 N–H and O–H groups in total. The lowest BCUT2D eigenvalue weighted by molar-refractivity contribution is -0.122. The summed E-state index contributed by atoms with van der Waals surface area (Å²) in [7, 11) is 0. The van der Waals surface area contributed by atoms with E-state index in [2.05, 4.69) is 17.1 Å². The third-order valence-corrected chi connectivity index (χ3v) is 2.98. The third-order valence-electron chi connectivity index (χ3n) is 2.98. The Hall–Kier alpha value is -1.12. The summed E-state index contributed by atoms with van der Waals surface area (Å²) >= 11 is 0. The van der Waals surface area contributed by atoms with E-state index in [1.807, 2.05) is 6.07 Å². The van der Waals surface area contributed by atoms with Crippen LogP contribution in [0.3, 0.4) is 0 Å². The Balaban J connectivity index is 2.22. The molecular weight excluding hydrogens is 204 g/mol. The van der Waals surface area contributed by atoms with Crippen LogP contribution < -0.4 is 11.1 Å². The van der Waals surface area contributed by atoms with Crippen molar-refractivity contribution in [2.75, 3.05) is 26.2 Å². The first-order valence-corrected chi connectivity index (χ1v) is 5.75. The molecular formula is C11H20N4O. The maximum absolute atomic E-state index is 11.5. The van der Waals surface area contributed by atoms with Gasteiger partial charge in [0, 0.05) is 25.7 Å². The molecule has 0 aromatic rings. The van der Waals surface area contributed by atoms with Gasteiger partial charge in [0.15, 0.2) is 0 Å². The van der Waals surface area contributed by atoms with E-state index in [4.69, 9.17) is 11.0 Å². The Bertz CT molecular complexity index is 274. The van der Waals surface area contributed by atoms with Crippen LogP contribution in [-0.2, 0) is 4.79 Å². The largest absolute Gasteiger partial charge is 0.354 e. The Kier molecular flexibility index (Phi) is 5.23. The number of likely N-dealkylation sites (tertiary alicyclic amines) is 1. The van der Waals surface area contributed by atoms with E-state index in [1.54, 1.807) is 0 Å². The van der Waals surface area contributed by atoms with Gasteiger partial charge in [0.05, 0.1) is 19.0 Å². The van der Waals surface area contributed by atoms with Crippen LogP contribution in [0.4, 0.5) is 0 Å². The van der Waals surface area contributed by atoms with E-state index in [-0.39, 0.29) is 11.9 Å². The summed E-state index contributed by atoms with van der Waals surface area (Å²) in [5.74, 6) is 0.443. The summed E-state index contributed by atoms with van der Waals surface area (Å²) in [5.41, 5.74) is 5.91. The minimum atomic E-state index is -0.00192. The maximum Gasteiger partial charge on any atom is 0.234 e. The van der Waals surface area contributed by atoms with E-state index in [1.165, 1.54) is 0 Å². The average Bonchev–Trinajstić information content (AvgIpc) is 2.24. The minimum Gasteiger partial charge on any atom is -0.354 e. The highest BCUT2D eigenvalue weighted by Gasteiger charge is 2.23. The number of hydrogen-bond acceptors (Lipinski definition) is 4. The number of nitriles is 1. The molecule has 1 heterocycles. The molecule has 2 atom stereocenters. The fraction of sp³-hybridized carbons (Fsp3) is 0.818. The predicted octanol–water partition coefficient (Wildman–Crippen LogP) is -0.315. The van der Waals surface area contributed by atoms with Gasteiger partial charge in [-0.3, -0.25) is 9.69 Å². The zero-order valence-electron chi connectivity index (χ0n) is 9.78. The van der Waals surface area contributed by atoms with Crippen molar-refractivity contribution in [1.82, 2.24) is 10.2 Å². The van der Waals surface area contributed by atoms with Gasteiger partial charge in [-0.05, 0) is 12.3 Å². The van der Waals surface area contributed by atoms with Crippen LogP contribution in [0.25, 0.3) is 0 Å². The average molecular weight is 224 g/mol. The third kappa shape index (κ3) is 4.17. The number of carbonyl (C=O) groups is 1. The molecule has 1 rings (SSSR count). The Morgan fingerprint density at radius 2 is 2.44 bits per heavy atom. The van der Waals surface area contributed by atoms with Crippen molar-refractivity contribution in [2.24, 2.45) is 11.7 Å². The standard InChI is InChI=1S/C11H20N4O/c1-9-7-15(6-3-10(9)13)8-11(16)14-5-2-4-12/h9-10H,2-3,5-8,13H2,1H3,(H,14,16). The van der Waals surface area contributed by atoms with Crippen molar-refractivity contribution in [1.29, 1.82) is 5.26 Å². The van der Waals surface area contributed by atoms with E-state index in [0.717, 1.165) is 19.5 Å². The topological polar surface area (TPSA) is 82.2 Å². The van der Waals surface area contributed by atoms with Gasteiger partial charge in [-0.2, -0.15) is 5.26 Å². The molecule has 0 aromatic carbocycles. The summed E-state index contributed by atoms with van der Waals surface area (Å²) in [4.78, 5) is 13.6. The van der Waals surface area contributed by atoms with Gasteiger partial charge >= 0.3 is 0 Å². The first-order chi connectivity index (χ1) is 7.63. The normalized spacial score (nSPS) is 26.1. The quantitative estimate of drug-likeness (QED) is 0.641. The summed E-state index contributed by atoms with van der Waals surface area (Å²) in [6.45, 7) is 4.75. The van der Waals surface area contributed by atoms with Crippen LogP contribution in [0.2, 0.25) is 0 Å². The Labute approximate surface area is 96.6 Å². The summed E-state index contributed by atoms with van der Waals surface area (Å²) in [5, 5.41) is 11.1. The lowest BCUT2D eigenvalue weighted by atomic mass is 9.95. The van der Waals surface area contributed by atoms with Crippen LogP contribution in [0.15, 0.2) is 0 Å². The molecule has 0 radical (unpaired) electrons. The van der Waals surface area contributed by atoms with Gasteiger partial charge in [-0.1, -0.05) is 6.92 Å². The van der Waals surface area contributed by atoms with Gasteiger partial charge in [0.1, 0.15) is 0 Å². The Morgan fingerprint density at radius 1 is 1.69 bits per heavy atom. The Morgan fingerprint density at radius 3 is 3.06 bits per heavy atom. The molecule has 1 aliphatic rings. The van der Waals surface area contributed by atoms with Crippen molar-refractivity contribution in [2.45, 2.75) is 25.8 Å². The molecule has 16 heavy (non-hydrogen) atoms. The smallest absolute Gasteiger partial charge is 0.234 e. The van der Waals surface area contributed by atoms with Gasteiger partial charge < -0.3 is 11.1 Å². The predicted molar refractivity (Wildman–Crippen MR) is 61.4 cm³/mol. The molecule has 5 heteroatoms. The molecule has 1 saturated heterocycles. The number of piperidine rings is 1. The molecule has 1 amide bonds. The van der Waals surface area contributed by atoms with Crippen LogP contribution in [0.5, 0.6) is 0 Å². The fourth-order valence-corrected chi connectivity index (χ4v) is 1.91. The summed E-state index contributed by atoms with van der Waals surface area (Å²) in [6.07, 6.45) is 1.32. The second kappa shape index (κ2) is 6.46. The van der Waals surface area contributed by atoms with Crippen molar-refractivity contribution in [3.63, 3.8) is 0 Å². The highest BCUT2D eigenvalue weighted by molar-refractivity contribution is 5.78. The number of carbonyl (C=O) groups excluding carboxylic acids is 1. The number of nitrogens with zero attached hydrogens (tertiary/aromatic N) is 2. The highest BCUT2D eigenvalue weighted by Crippen LogP contribution is 2.14. The van der Waals surface area contributed by atoms with Gasteiger partial charge in [0.25, 0.3) is 0 Å². The molecule has 2 unspecified atom stereocenters. The van der Waals surface area contributed by atoms with E-state index in [9.17, 15) is 4.79 Å². The van der Waals surface area contributed by atoms with Gasteiger partial charge in [-0.15, -0.1) is 0 Å². The molecule has 90 valence electrons. The van der Waals surface area contributed by atoms with E-state index >= 15 is 0 Å². The molecule has 0 aromatic heterocycles. The molecule has 0 spiro atoms. The number of nitrogens with one attached hydrogen (secondary N) is 1. The van der Waals surface area contributed by atoms with E-state index in [0.29, 0.717) is 25.4 Å². The van der Waals surface area contributed by atoms with Crippen molar-refractivity contribution < 1.29 is 4.79 Å². The second-order valence-electron chi connectivity index (χ2n) is 4.42. The van der Waals surface area contributed by atoms with Gasteiger partial charge in [0.2, 0.25) is 5.91 Å². The van der Waals surface area contributed by atoms with E-state index < -0.39 is 0 Å². The van der Waals surface area contributed by atoms with Crippen molar-refractivity contribution in [3.8, 4) is 6.07 Å². The zero-order chi connectivity index (χ0) is 12.0. The lowest BCUT2D eigenvalue weighted by Crippen LogP contribution is -2.49. The van der Waals surface area contributed by atoms with Crippen LogP contribution in [0, 0.1) is 17.2 Å². The summed E-state index contributed by atoms with van der Waals surface area (Å²) in [6, 6.07) is 2.26. The zero-order valence-corrected chi connectivity index (χ0v) is 9.78. The number of hydrogen-bond donors (Lipinski definition) is 2. The van der Waals surface area contributed by atoms with Crippen LogP contribution in [-0.4, -0.2) is 43.0 Å². The monoisotopic (exact) mass is 224 g/mol. The number of nitrogens with two attached hydrogens (primary N) is 1. The number of rotatable bonds is 4. The second-order valence-corrected chi connectivity index (χ2v) is 4.42. The first-order valence-electron chi connectivity index (χ1n) is 5.75. The molecule has 0 bridgehead atoms. The van der Waals surface area contributed by atoms with Crippen LogP contribution in [0.1, 0.15) is 19.8 Å². The highest BCUT2D eigenvalue weighted by atomic mass is 16.2. The van der Waals surface area contributed by atoms with Crippen molar-refractivity contribution in [3.05, 3.63) is 0 Å². The fourth-order valence-electron chi connectivity index (χ4n) is 1.91. The molecule has 0 saturated carbocycles. The molecule has 0 aliphatic carbocycles. The lowest BCUT2D eigenvalue weighted by Gasteiger charge is -2.34. The number of amides is 1. The SMILES string of the molecule is CC1CN(CC(=O)NCCC#N)CCC1N. The minimum absolute atomic E-state index is 0.00192. The van der Waals surface area contributed by atoms with Crippen molar-refractivity contribution >= 4 is 5.91 Å². The van der Waals surface area contributed by atoms with Gasteiger partial charge in [-0.25, -0.2) is 0 Å². The molecule has 1 fully saturated rings. The molecule has 1 aliphatic heterocycles. The van der Waals surface area contributed by atoms with Crippen LogP contribution >= 0.6 is 0 Å². The maximum atomic E-state index is 11.5. The molecule has 5 nitrogen and oxygen atoms in total. The first kappa shape index (κ1) is 12.9. The summed E-state index contributed by atoms with van der Waals surface area (Å²) < 4.78 is 0.